The molecule has 2 amide bonds. The fourth-order valence-corrected chi connectivity index (χ4v) is 2.26. The number of hydrogen-bond donors (Lipinski definition) is 3. The molecule has 1 aliphatic carbocycles. The molecule has 1 saturated heterocycles. The number of aliphatic hydroxyl groups excluding tert-OH is 1. The predicted molar refractivity (Wildman–Crippen MR) is 59.5 cm³/mol. The van der Waals surface area contributed by atoms with Crippen LogP contribution in [-0.4, -0.2) is 51.8 Å². The van der Waals surface area contributed by atoms with Crippen LogP contribution in [0, 0.1) is 5.92 Å². The number of aliphatic carboxylic acids is 1. The molecule has 6 heteroatoms. The van der Waals surface area contributed by atoms with Crippen LogP contribution in [-0.2, 0) is 4.79 Å². The Balaban J connectivity index is 1.94. The highest BCUT2D eigenvalue weighted by molar-refractivity contribution is 5.83. The van der Waals surface area contributed by atoms with E-state index in [1.54, 1.807) is 0 Å². The summed E-state index contributed by atoms with van der Waals surface area (Å²) in [6.45, 7) is 2.03. The Labute approximate surface area is 99.6 Å². The highest BCUT2D eigenvalue weighted by Crippen LogP contribution is 2.32. The second kappa shape index (κ2) is 4.52. The standard InChI is InChI=1S/C11H18N2O4/c1-6(7-2-3-7)12-11(17)13-5-8(14)4-9(13)10(15)16/h6-9,14H,2-5H2,1H3,(H,12,17)(H,15,16)/t6?,8-,9-/m0/s1. The predicted octanol–water partition coefficient (Wildman–Crippen LogP) is 0.0143. The molecule has 1 aliphatic heterocycles. The molecule has 3 N–H and O–H groups in total. The average Bonchev–Trinajstić information content (AvgIpc) is 3.01. The number of nitrogens with zero attached hydrogens (tertiary/aromatic N) is 1. The topological polar surface area (TPSA) is 89.9 Å². The maximum Gasteiger partial charge on any atom is 0.326 e. The van der Waals surface area contributed by atoms with E-state index in [4.69, 9.17) is 5.11 Å². The number of likely N-dealkylation sites (tertiary alicyclic amines) is 1. The molecule has 1 heterocycles. The number of carbonyl (C=O) groups excluding carboxylic acids is 1. The maximum atomic E-state index is 11.9. The van der Waals surface area contributed by atoms with Gasteiger partial charge in [-0.2, -0.15) is 0 Å². The van der Waals surface area contributed by atoms with E-state index in [0.29, 0.717) is 5.92 Å². The summed E-state index contributed by atoms with van der Waals surface area (Å²) in [5.41, 5.74) is 0. The van der Waals surface area contributed by atoms with Crippen molar-refractivity contribution in [2.24, 2.45) is 5.92 Å². The van der Waals surface area contributed by atoms with Gasteiger partial charge in [0, 0.05) is 19.0 Å². The van der Waals surface area contributed by atoms with Gasteiger partial charge in [0.2, 0.25) is 0 Å². The van der Waals surface area contributed by atoms with E-state index in [1.165, 1.54) is 4.90 Å². The fraction of sp³-hybridized carbons (Fsp3) is 0.818. The van der Waals surface area contributed by atoms with Gasteiger partial charge in [0.25, 0.3) is 0 Å². The SMILES string of the molecule is CC(NC(=O)N1C[C@@H](O)C[C@H]1C(=O)O)C1CC1. The van der Waals surface area contributed by atoms with Crippen molar-refractivity contribution < 1.29 is 19.8 Å². The van der Waals surface area contributed by atoms with Gasteiger partial charge in [-0.3, -0.25) is 0 Å². The minimum absolute atomic E-state index is 0.0784. The number of aliphatic hydroxyl groups is 1. The minimum atomic E-state index is -1.06. The fourth-order valence-electron chi connectivity index (χ4n) is 2.26. The average molecular weight is 242 g/mol. The Morgan fingerprint density at radius 2 is 2.06 bits per heavy atom. The van der Waals surface area contributed by atoms with Crippen LogP contribution in [0.3, 0.4) is 0 Å². The van der Waals surface area contributed by atoms with E-state index < -0.39 is 18.1 Å². The summed E-state index contributed by atoms with van der Waals surface area (Å²) >= 11 is 0. The number of hydrogen-bond acceptors (Lipinski definition) is 3. The highest BCUT2D eigenvalue weighted by atomic mass is 16.4. The lowest BCUT2D eigenvalue weighted by atomic mass is 10.2. The normalized spacial score (nSPS) is 30.1. The van der Waals surface area contributed by atoms with Crippen LogP contribution >= 0.6 is 0 Å². The van der Waals surface area contributed by atoms with E-state index in [1.807, 2.05) is 6.92 Å². The molecule has 17 heavy (non-hydrogen) atoms. The van der Waals surface area contributed by atoms with Crippen molar-refractivity contribution in [1.82, 2.24) is 10.2 Å². The van der Waals surface area contributed by atoms with Gasteiger partial charge in [-0.25, -0.2) is 9.59 Å². The van der Waals surface area contributed by atoms with Crippen LogP contribution < -0.4 is 5.32 Å². The molecular weight excluding hydrogens is 224 g/mol. The molecule has 2 rings (SSSR count). The van der Waals surface area contributed by atoms with Gasteiger partial charge >= 0.3 is 12.0 Å². The maximum absolute atomic E-state index is 11.9. The summed E-state index contributed by atoms with van der Waals surface area (Å²) in [6, 6.07) is -1.21. The summed E-state index contributed by atoms with van der Waals surface area (Å²) in [7, 11) is 0. The largest absolute Gasteiger partial charge is 0.480 e. The number of urea groups is 1. The lowest BCUT2D eigenvalue weighted by Gasteiger charge is -2.24. The molecule has 0 aromatic heterocycles. The van der Waals surface area contributed by atoms with Gasteiger partial charge in [0.05, 0.1) is 6.10 Å². The first kappa shape index (κ1) is 12.2. The highest BCUT2D eigenvalue weighted by Gasteiger charge is 2.40. The molecule has 3 atom stereocenters. The number of amides is 2. The summed E-state index contributed by atoms with van der Waals surface area (Å²) in [5.74, 6) is -0.537. The number of β-amino-alcohol motifs (C(OH)–C–C–N with tert-alkyl or cyclic N) is 1. The Bertz CT molecular complexity index is 329. The second-order valence-electron chi connectivity index (χ2n) is 4.97. The van der Waals surface area contributed by atoms with Crippen LogP contribution in [0.15, 0.2) is 0 Å². The third-order valence-electron chi connectivity index (χ3n) is 3.51. The van der Waals surface area contributed by atoms with Gasteiger partial charge in [-0.05, 0) is 25.7 Å². The summed E-state index contributed by atoms with van der Waals surface area (Å²) < 4.78 is 0. The van der Waals surface area contributed by atoms with Crippen LogP contribution in [0.1, 0.15) is 26.2 Å². The Hall–Kier alpha value is -1.30. The number of nitrogens with one attached hydrogen (secondary N) is 1. The van der Waals surface area contributed by atoms with Crippen LogP contribution in [0.25, 0.3) is 0 Å². The van der Waals surface area contributed by atoms with Crippen molar-refractivity contribution in [3.63, 3.8) is 0 Å². The summed E-state index contributed by atoms with van der Waals surface area (Å²) in [4.78, 5) is 24.1. The van der Waals surface area contributed by atoms with Gasteiger partial charge in [-0.1, -0.05) is 0 Å². The molecular formula is C11H18N2O4. The van der Waals surface area contributed by atoms with Crippen LogP contribution in [0.2, 0.25) is 0 Å². The molecule has 96 valence electrons. The zero-order valence-electron chi connectivity index (χ0n) is 9.80. The van der Waals surface area contributed by atoms with Crippen LogP contribution in [0.4, 0.5) is 4.79 Å². The molecule has 1 unspecified atom stereocenters. The lowest BCUT2D eigenvalue weighted by Crippen LogP contribution is -2.49. The monoisotopic (exact) mass is 242 g/mol. The van der Waals surface area contributed by atoms with Gasteiger partial charge in [0.15, 0.2) is 0 Å². The molecule has 6 nitrogen and oxygen atoms in total. The van der Waals surface area contributed by atoms with E-state index in [0.717, 1.165) is 12.8 Å². The van der Waals surface area contributed by atoms with Crippen molar-refractivity contribution >= 4 is 12.0 Å². The number of carboxylic acids is 1. The van der Waals surface area contributed by atoms with Gasteiger partial charge in [0.1, 0.15) is 6.04 Å². The smallest absolute Gasteiger partial charge is 0.326 e. The third kappa shape index (κ3) is 2.69. The first-order valence-electron chi connectivity index (χ1n) is 5.97. The van der Waals surface area contributed by atoms with Crippen molar-refractivity contribution in [2.75, 3.05) is 6.54 Å². The van der Waals surface area contributed by atoms with Crippen molar-refractivity contribution in [3.05, 3.63) is 0 Å². The van der Waals surface area contributed by atoms with Crippen molar-refractivity contribution in [3.8, 4) is 0 Å². The molecule has 1 saturated carbocycles. The lowest BCUT2D eigenvalue weighted by molar-refractivity contribution is -0.141. The van der Waals surface area contributed by atoms with E-state index in [9.17, 15) is 14.7 Å². The molecule has 2 fully saturated rings. The molecule has 0 aromatic carbocycles. The Morgan fingerprint density at radius 1 is 1.41 bits per heavy atom. The van der Waals surface area contributed by atoms with Crippen molar-refractivity contribution in [2.45, 2.75) is 44.4 Å². The number of carbonyl (C=O) groups is 2. The van der Waals surface area contributed by atoms with Crippen molar-refractivity contribution in [1.29, 1.82) is 0 Å². The Morgan fingerprint density at radius 3 is 2.59 bits per heavy atom. The molecule has 0 spiro atoms. The zero-order valence-corrected chi connectivity index (χ0v) is 9.80. The zero-order chi connectivity index (χ0) is 12.6. The molecule has 0 bridgehead atoms. The first-order valence-corrected chi connectivity index (χ1v) is 5.97. The van der Waals surface area contributed by atoms with Gasteiger partial charge < -0.3 is 20.4 Å². The summed E-state index contributed by atoms with van der Waals surface area (Å²) in [6.07, 6.45) is 1.61. The number of carboxylic acid groups (broad SMARTS) is 1. The van der Waals surface area contributed by atoms with E-state index in [2.05, 4.69) is 5.32 Å². The minimum Gasteiger partial charge on any atom is -0.480 e. The van der Waals surface area contributed by atoms with E-state index >= 15 is 0 Å². The van der Waals surface area contributed by atoms with Crippen LogP contribution in [0.5, 0.6) is 0 Å². The third-order valence-corrected chi connectivity index (χ3v) is 3.51. The molecule has 0 aromatic rings. The molecule has 0 radical (unpaired) electrons. The quantitative estimate of drug-likeness (QED) is 0.650. The second-order valence-corrected chi connectivity index (χ2v) is 4.97. The Kier molecular flexibility index (Phi) is 3.24. The summed E-state index contributed by atoms with van der Waals surface area (Å²) in [5, 5.41) is 21.2. The molecule has 2 aliphatic rings. The van der Waals surface area contributed by atoms with Gasteiger partial charge in [-0.15, -0.1) is 0 Å². The van der Waals surface area contributed by atoms with E-state index in [-0.39, 0.29) is 25.0 Å². The first-order chi connectivity index (χ1) is 7.99. The number of rotatable bonds is 3.